The maximum absolute atomic E-state index is 13.3. The van der Waals surface area contributed by atoms with Crippen LogP contribution in [0.15, 0.2) is 42.7 Å². The molecular formula is C17H20FN3O. The molecule has 3 rings (SSSR count). The molecule has 1 saturated heterocycles. The van der Waals surface area contributed by atoms with Crippen LogP contribution in [0.5, 0.6) is 5.75 Å². The summed E-state index contributed by atoms with van der Waals surface area (Å²) in [4.78, 5) is 6.46. The molecule has 0 atom stereocenters. The lowest BCUT2D eigenvalue weighted by Crippen LogP contribution is -2.41. The number of nitrogens with zero attached hydrogens (tertiary/aromatic N) is 2. The Morgan fingerprint density at radius 3 is 2.59 bits per heavy atom. The van der Waals surface area contributed by atoms with Crippen LogP contribution in [0.4, 0.5) is 15.8 Å². The highest BCUT2D eigenvalue weighted by Crippen LogP contribution is 2.36. The first-order valence-corrected chi connectivity index (χ1v) is 7.53. The average molecular weight is 301 g/mol. The zero-order chi connectivity index (χ0) is 15.4. The van der Waals surface area contributed by atoms with Crippen LogP contribution in [0.2, 0.25) is 0 Å². The molecule has 1 aliphatic heterocycles. The minimum Gasteiger partial charge on any atom is -0.494 e. The van der Waals surface area contributed by atoms with E-state index in [1.54, 1.807) is 13.3 Å². The van der Waals surface area contributed by atoms with E-state index in [1.807, 2.05) is 24.4 Å². The van der Waals surface area contributed by atoms with Gasteiger partial charge in [-0.3, -0.25) is 4.98 Å². The molecule has 0 saturated carbocycles. The van der Waals surface area contributed by atoms with Crippen LogP contribution in [0.3, 0.4) is 0 Å². The summed E-state index contributed by atoms with van der Waals surface area (Å²) >= 11 is 0. The lowest BCUT2D eigenvalue weighted by atomic mass is 10.0. The maximum atomic E-state index is 13.3. The van der Waals surface area contributed by atoms with E-state index in [1.165, 1.54) is 12.1 Å². The van der Waals surface area contributed by atoms with E-state index in [-0.39, 0.29) is 5.82 Å². The quantitative estimate of drug-likeness (QED) is 0.941. The molecule has 0 aliphatic carbocycles. The predicted molar refractivity (Wildman–Crippen MR) is 85.2 cm³/mol. The monoisotopic (exact) mass is 301 g/mol. The normalized spacial score (nSPS) is 15.5. The third kappa shape index (κ3) is 3.04. The van der Waals surface area contributed by atoms with Crippen molar-refractivity contribution in [3.63, 3.8) is 0 Å². The first-order chi connectivity index (χ1) is 10.8. The molecule has 0 spiro atoms. The number of benzene rings is 1. The first-order valence-electron chi connectivity index (χ1n) is 7.53. The number of pyridine rings is 1. The standard InChI is InChI=1S/C17H20FN3O/c1-22-17-8-11-20-12-16(17)21(15-6-9-19-10-7-15)14-4-2-13(18)3-5-14/h2-5,8,11-12,15,19H,6-7,9-10H2,1H3. The molecule has 116 valence electrons. The number of hydrogen-bond donors (Lipinski definition) is 1. The summed E-state index contributed by atoms with van der Waals surface area (Å²) in [6, 6.07) is 8.80. The number of halogens is 1. The Hall–Kier alpha value is -2.14. The average Bonchev–Trinajstić information content (AvgIpc) is 2.58. The van der Waals surface area contributed by atoms with Crippen molar-refractivity contribution in [2.75, 3.05) is 25.1 Å². The number of ether oxygens (including phenoxy) is 1. The molecule has 5 heteroatoms. The van der Waals surface area contributed by atoms with Crippen LogP contribution >= 0.6 is 0 Å². The maximum Gasteiger partial charge on any atom is 0.145 e. The van der Waals surface area contributed by atoms with E-state index >= 15 is 0 Å². The molecule has 4 nitrogen and oxygen atoms in total. The fraction of sp³-hybridized carbons (Fsp3) is 0.353. The summed E-state index contributed by atoms with van der Waals surface area (Å²) in [5.41, 5.74) is 1.88. The van der Waals surface area contributed by atoms with Gasteiger partial charge in [-0.25, -0.2) is 4.39 Å². The highest BCUT2D eigenvalue weighted by molar-refractivity contribution is 5.69. The van der Waals surface area contributed by atoms with E-state index in [4.69, 9.17) is 4.74 Å². The molecular weight excluding hydrogens is 281 g/mol. The zero-order valence-electron chi connectivity index (χ0n) is 12.6. The molecule has 1 aromatic heterocycles. The second kappa shape index (κ2) is 6.75. The minimum atomic E-state index is -0.229. The van der Waals surface area contributed by atoms with Crippen molar-refractivity contribution in [1.82, 2.24) is 10.3 Å². The number of aromatic nitrogens is 1. The summed E-state index contributed by atoms with van der Waals surface area (Å²) in [5, 5.41) is 3.38. The van der Waals surface area contributed by atoms with E-state index in [2.05, 4.69) is 15.2 Å². The van der Waals surface area contributed by atoms with Crippen molar-refractivity contribution in [3.05, 3.63) is 48.5 Å². The van der Waals surface area contributed by atoms with Gasteiger partial charge in [0.1, 0.15) is 17.3 Å². The predicted octanol–water partition coefficient (Wildman–Crippen LogP) is 3.12. The Labute approximate surface area is 129 Å². The number of methoxy groups -OCH3 is 1. The Balaban J connectivity index is 2.03. The Kier molecular flexibility index (Phi) is 4.53. The first kappa shape index (κ1) is 14.8. The van der Waals surface area contributed by atoms with Gasteiger partial charge >= 0.3 is 0 Å². The topological polar surface area (TPSA) is 37.4 Å². The van der Waals surface area contributed by atoms with E-state index < -0.39 is 0 Å². The molecule has 1 aliphatic rings. The molecule has 0 unspecified atom stereocenters. The SMILES string of the molecule is COc1ccncc1N(c1ccc(F)cc1)C1CCNCC1. The molecule has 2 heterocycles. The van der Waals surface area contributed by atoms with Crippen molar-refractivity contribution in [1.29, 1.82) is 0 Å². The summed E-state index contributed by atoms with van der Waals surface area (Å²) in [6.45, 7) is 1.95. The largest absolute Gasteiger partial charge is 0.494 e. The molecule has 1 aromatic carbocycles. The molecule has 2 aromatic rings. The van der Waals surface area contributed by atoms with Crippen molar-refractivity contribution < 1.29 is 9.13 Å². The van der Waals surface area contributed by atoms with Gasteiger partial charge in [-0.05, 0) is 50.2 Å². The Morgan fingerprint density at radius 2 is 1.91 bits per heavy atom. The van der Waals surface area contributed by atoms with Crippen LogP contribution in [-0.4, -0.2) is 31.2 Å². The van der Waals surface area contributed by atoms with E-state index in [9.17, 15) is 4.39 Å². The van der Waals surface area contributed by atoms with Crippen molar-refractivity contribution in [2.24, 2.45) is 0 Å². The molecule has 1 fully saturated rings. The summed E-state index contributed by atoms with van der Waals surface area (Å²) in [6.07, 6.45) is 5.57. The van der Waals surface area contributed by atoms with Gasteiger partial charge < -0.3 is 15.0 Å². The summed E-state index contributed by atoms with van der Waals surface area (Å²) in [7, 11) is 1.66. The smallest absolute Gasteiger partial charge is 0.145 e. The number of hydrogen-bond acceptors (Lipinski definition) is 4. The second-order valence-electron chi connectivity index (χ2n) is 5.38. The van der Waals surface area contributed by atoms with Crippen LogP contribution in [-0.2, 0) is 0 Å². The van der Waals surface area contributed by atoms with E-state index in [0.717, 1.165) is 43.1 Å². The lowest BCUT2D eigenvalue weighted by molar-refractivity contribution is 0.408. The van der Waals surface area contributed by atoms with Gasteiger partial charge in [0, 0.05) is 24.0 Å². The number of anilines is 2. The Bertz CT molecular complexity index is 612. The van der Waals surface area contributed by atoms with Crippen molar-refractivity contribution in [2.45, 2.75) is 18.9 Å². The molecule has 0 bridgehead atoms. The van der Waals surface area contributed by atoms with Crippen LogP contribution in [0.1, 0.15) is 12.8 Å². The van der Waals surface area contributed by atoms with Gasteiger partial charge in [0.15, 0.2) is 0 Å². The van der Waals surface area contributed by atoms with Gasteiger partial charge in [-0.1, -0.05) is 0 Å². The van der Waals surface area contributed by atoms with Crippen molar-refractivity contribution in [3.8, 4) is 5.75 Å². The summed E-state index contributed by atoms with van der Waals surface area (Å²) < 4.78 is 18.8. The molecule has 0 radical (unpaired) electrons. The van der Waals surface area contributed by atoms with Gasteiger partial charge in [0.25, 0.3) is 0 Å². The number of nitrogens with one attached hydrogen (secondary N) is 1. The minimum absolute atomic E-state index is 0.229. The zero-order valence-corrected chi connectivity index (χ0v) is 12.6. The van der Waals surface area contributed by atoms with Gasteiger partial charge in [0.2, 0.25) is 0 Å². The molecule has 0 amide bonds. The van der Waals surface area contributed by atoms with Gasteiger partial charge in [-0.2, -0.15) is 0 Å². The third-order valence-electron chi connectivity index (χ3n) is 4.02. The second-order valence-corrected chi connectivity index (χ2v) is 5.38. The van der Waals surface area contributed by atoms with Crippen LogP contribution < -0.4 is 15.0 Å². The highest BCUT2D eigenvalue weighted by atomic mass is 19.1. The van der Waals surface area contributed by atoms with E-state index in [0.29, 0.717) is 6.04 Å². The fourth-order valence-corrected chi connectivity index (χ4v) is 2.94. The molecule has 22 heavy (non-hydrogen) atoms. The number of rotatable bonds is 4. The van der Waals surface area contributed by atoms with Crippen LogP contribution in [0.25, 0.3) is 0 Å². The number of piperidine rings is 1. The van der Waals surface area contributed by atoms with Crippen molar-refractivity contribution >= 4 is 11.4 Å². The molecule has 1 N–H and O–H groups in total. The van der Waals surface area contributed by atoms with Gasteiger partial charge in [0.05, 0.1) is 13.3 Å². The third-order valence-corrected chi connectivity index (χ3v) is 4.02. The highest BCUT2D eigenvalue weighted by Gasteiger charge is 2.25. The van der Waals surface area contributed by atoms with Gasteiger partial charge in [-0.15, -0.1) is 0 Å². The fourth-order valence-electron chi connectivity index (χ4n) is 2.94. The van der Waals surface area contributed by atoms with Crippen LogP contribution in [0, 0.1) is 5.82 Å². The Morgan fingerprint density at radius 1 is 1.18 bits per heavy atom. The lowest BCUT2D eigenvalue weighted by Gasteiger charge is -2.36. The summed E-state index contributed by atoms with van der Waals surface area (Å²) in [5.74, 6) is 0.546.